The van der Waals surface area contributed by atoms with Gasteiger partial charge in [-0.15, -0.1) is 5.73 Å². The summed E-state index contributed by atoms with van der Waals surface area (Å²) in [7, 11) is 0. The molecule has 13 heavy (non-hydrogen) atoms. The van der Waals surface area contributed by atoms with Gasteiger partial charge >= 0.3 is 0 Å². The molecule has 0 saturated heterocycles. The molecule has 1 unspecified atom stereocenters. The number of rotatable bonds is 3. The van der Waals surface area contributed by atoms with E-state index >= 15 is 0 Å². The van der Waals surface area contributed by atoms with Crippen LogP contribution in [0.5, 0.6) is 0 Å². The van der Waals surface area contributed by atoms with Crippen molar-refractivity contribution in [1.29, 1.82) is 0 Å². The molecule has 1 nitrogen and oxygen atoms in total. The number of allylic oxidation sites excluding steroid dienone is 2. The Morgan fingerprint density at radius 1 is 1.54 bits per heavy atom. The van der Waals surface area contributed by atoms with Gasteiger partial charge in [0.25, 0.3) is 0 Å². The van der Waals surface area contributed by atoms with E-state index < -0.39 is 0 Å². The molecule has 1 atom stereocenters. The van der Waals surface area contributed by atoms with Crippen LogP contribution >= 0.6 is 0 Å². The van der Waals surface area contributed by atoms with Crippen LogP contribution < -0.4 is 5.32 Å². The van der Waals surface area contributed by atoms with Crippen LogP contribution in [-0.2, 0) is 0 Å². The maximum atomic E-state index is 3.34. The zero-order chi connectivity index (χ0) is 9.36. The summed E-state index contributed by atoms with van der Waals surface area (Å²) >= 11 is 0. The van der Waals surface area contributed by atoms with Gasteiger partial charge < -0.3 is 5.32 Å². The Bertz CT molecular complexity index is 242. The minimum absolute atomic E-state index is 0.434. The monoisotopic (exact) mass is 175 g/mol. The van der Waals surface area contributed by atoms with Crippen molar-refractivity contribution in [2.24, 2.45) is 0 Å². The van der Waals surface area contributed by atoms with Crippen molar-refractivity contribution >= 4 is 0 Å². The van der Waals surface area contributed by atoms with Crippen LogP contribution in [0.2, 0.25) is 0 Å². The second-order valence-electron chi connectivity index (χ2n) is 3.06. The molecule has 0 aromatic rings. The fourth-order valence-electron chi connectivity index (χ4n) is 1.17. The summed E-state index contributed by atoms with van der Waals surface area (Å²) in [5, 5.41) is 3.34. The Kier molecular flexibility index (Phi) is 4.81. The molecule has 0 aromatic carbocycles. The zero-order valence-corrected chi connectivity index (χ0v) is 8.16. The summed E-state index contributed by atoms with van der Waals surface area (Å²) in [4.78, 5) is 0. The Morgan fingerprint density at radius 3 is 3.31 bits per heavy atom. The van der Waals surface area contributed by atoms with Crippen molar-refractivity contribution in [3.8, 4) is 0 Å². The van der Waals surface area contributed by atoms with Crippen LogP contribution in [0.15, 0.2) is 42.3 Å². The third-order valence-electron chi connectivity index (χ3n) is 1.89. The lowest BCUT2D eigenvalue weighted by Gasteiger charge is -2.10. The van der Waals surface area contributed by atoms with Crippen LogP contribution in [0, 0.1) is 0 Å². The van der Waals surface area contributed by atoms with E-state index in [2.05, 4.69) is 48.4 Å². The predicted octanol–water partition coefficient (Wildman–Crippen LogP) is 2.93. The molecule has 1 rings (SSSR count). The van der Waals surface area contributed by atoms with E-state index in [4.69, 9.17) is 0 Å². The van der Waals surface area contributed by atoms with Crippen LogP contribution in [-0.4, -0.2) is 6.04 Å². The maximum Gasteiger partial charge on any atom is 0.0479 e. The fraction of sp³-hybridized carbons (Fsp3) is 0.417. The molecule has 70 valence electrons. The summed E-state index contributed by atoms with van der Waals surface area (Å²) in [5.41, 5.74) is 3.14. The second-order valence-corrected chi connectivity index (χ2v) is 3.06. The Labute approximate surface area is 80.5 Å². The van der Waals surface area contributed by atoms with Gasteiger partial charge in [-0.2, -0.15) is 0 Å². The van der Waals surface area contributed by atoms with E-state index in [0.29, 0.717) is 6.04 Å². The van der Waals surface area contributed by atoms with Crippen molar-refractivity contribution in [2.45, 2.75) is 32.2 Å². The van der Waals surface area contributed by atoms with Crippen molar-refractivity contribution in [3.63, 3.8) is 0 Å². The molecule has 0 radical (unpaired) electrons. The smallest absolute Gasteiger partial charge is 0.0479 e. The summed E-state index contributed by atoms with van der Waals surface area (Å²) in [6, 6.07) is 0.434. The van der Waals surface area contributed by atoms with Gasteiger partial charge in [-0.05, 0) is 37.6 Å². The first kappa shape index (κ1) is 9.88. The van der Waals surface area contributed by atoms with Crippen molar-refractivity contribution in [2.75, 3.05) is 0 Å². The third-order valence-corrected chi connectivity index (χ3v) is 1.89. The van der Waals surface area contributed by atoms with Crippen molar-refractivity contribution < 1.29 is 0 Å². The lowest BCUT2D eigenvalue weighted by molar-refractivity contribution is 0.706. The van der Waals surface area contributed by atoms with Gasteiger partial charge in [0.15, 0.2) is 0 Å². The highest BCUT2D eigenvalue weighted by Crippen LogP contribution is 2.00. The topological polar surface area (TPSA) is 12.0 Å². The van der Waals surface area contributed by atoms with Gasteiger partial charge in [0, 0.05) is 6.04 Å². The second kappa shape index (κ2) is 6.33. The Morgan fingerprint density at radius 2 is 2.46 bits per heavy atom. The van der Waals surface area contributed by atoms with Gasteiger partial charge in [0.05, 0.1) is 0 Å². The Hall–Kier alpha value is -1.20. The summed E-state index contributed by atoms with van der Waals surface area (Å²) < 4.78 is 0. The van der Waals surface area contributed by atoms with Crippen LogP contribution in [0.4, 0.5) is 0 Å². The lowest BCUT2D eigenvalue weighted by Crippen LogP contribution is -2.20. The van der Waals surface area contributed by atoms with E-state index in [1.807, 2.05) is 6.20 Å². The highest BCUT2D eigenvalue weighted by molar-refractivity contribution is 5.05. The van der Waals surface area contributed by atoms with Gasteiger partial charge in [-0.25, -0.2) is 0 Å². The first-order chi connectivity index (χ1) is 6.43. The maximum absolute atomic E-state index is 3.34. The lowest BCUT2D eigenvalue weighted by atomic mass is 10.1. The highest BCUT2D eigenvalue weighted by Gasteiger charge is 1.98. The highest BCUT2D eigenvalue weighted by atomic mass is 14.9. The molecule has 1 aliphatic carbocycles. The molecule has 1 aliphatic rings. The van der Waals surface area contributed by atoms with E-state index in [1.165, 1.54) is 0 Å². The minimum atomic E-state index is 0.434. The average molecular weight is 175 g/mol. The number of hydrogen-bond acceptors (Lipinski definition) is 1. The third kappa shape index (κ3) is 4.39. The van der Waals surface area contributed by atoms with E-state index in [-0.39, 0.29) is 0 Å². The molecule has 0 saturated carbocycles. The van der Waals surface area contributed by atoms with Crippen LogP contribution in [0.1, 0.15) is 26.2 Å². The molecule has 0 aromatic heterocycles. The number of nitrogens with one attached hydrogen (secondary N) is 1. The van der Waals surface area contributed by atoms with Gasteiger partial charge in [-0.3, -0.25) is 0 Å². The van der Waals surface area contributed by atoms with Gasteiger partial charge in [0.1, 0.15) is 0 Å². The Balaban J connectivity index is 2.40. The minimum Gasteiger partial charge on any atom is -0.385 e. The molecule has 0 aliphatic heterocycles. The van der Waals surface area contributed by atoms with Crippen molar-refractivity contribution in [3.05, 3.63) is 42.3 Å². The van der Waals surface area contributed by atoms with E-state index in [1.54, 1.807) is 0 Å². The molecule has 0 fully saturated rings. The summed E-state index contributed by atoms with van der Waals surface area (Å²) in [6.07, 6.45) is 15.8. The molecule has 0 spiro atoms. The average Bonchev–Trinajstić information content (AvgIpc) is 2.08. The summed E-state index contributed by atoms with van der Waals surface area (Å²) in [5.74, 6) is 0. The SMILES string of the molecule is CC/C=C\NC1C=CCC=C=CC1. The molecule has 0 amide bonds. The van der Waals surface area contributed by atoms with Crippen LogP contribution in [0.25, 0.3) is 0 Å². The summed E-state index contributed by atoms with van der Waals surface area (Å²) in [6.45, 7) is 2.13. The molecule has 1 N–H and O–H groups in total. The normalized spacial score (nSPS) is 21.8. The molecular weight excluding hydrogens is 158 g/mol. The van der Waals surface area contributed by atoms with E-state index in [9.17, 15) is 0 Å². The van der Waals surface area contributed by atoms with E-state index in [0.717, 1.165) is 19.3 Å². The number of hydrogen-bond donors (Lipinski definition) is 1. The zero-order valence-electron chi connectivity index (χ0n) is 8.16. The predicted molar refractivity (Wildman–Crippen MR) is 57.4 cm³/mol. The largest absolute Gasteiger partial charge is 0.385 e. The molecule has 0 bridgehead atoms. The molecule has 0 heterocycles. The van der Waals surface area contributed by atoms with Gasteiger partial charge in [0.2, 0.25) is 0 Å². The quantitative estimate of drug-likeness (QED) is 0.513. The molecular formula is C12H17N. The molecule has 1 heteroatoms. The first-order valence-electron chi connectivity index (χ1n) is 4.90. The van der Waals surface area contributed by atoms with Crippen molar-refractivity contribution in [1.82, 2.24) is 5.32 Å². The standard InChI is InChI=1S/C12H17N/c1-2-3-11-13-12-9-7-5-4-6-8-10-12/h3-4,7-9,11-13H,2,5,10H2,1H3/b9-7?,11-3-. The fourth-order valence-corrected chi connectivity index (χ4v) is 1.17. The first-order valence-corrected chi connectivity index (χ1v) is 4.90. The van der Waals surface area contributed by atoms with Crippen LogP contribution in [0.3, 0.4) is 0 Å². The van der Waals surface area contributed by atoms with Gasteiger partial charge in [-0.1, -0.05) is 25.2 Å².